The average molecular weight is 484 g/mol. The van der Waals surface area contributed by atoms with Crippen LogP contribution in [0.5, 0.6) is 17.2 Å². The number of hydrogen-bond donors (Lipinski definition) is 1. The van der Waals surface area contributed by atoms with Gasteiger partial charge in [-0.05, 0) is 36.4 Å². The monoisotopic (exact) mass is 483 g/mol. The summed E-state index contributed by atoms with van der Waals surface area (Å²) in [7, 11) is 0.368. The number of nitrogens with one attached hydrogen (secondary N) is 1. The van der Waals surface area contributed by atoms with Gasteiger partial charge < -0.3 is 14.2 Å². The molecule has 0 aliphatic rings. The van der Waals surface area contributed by atoms with E-state index in [4.69, 9.17) is 14.2 Å². The Balaban J connectivity index is 1.90. The highest BCUT2D eigenvalue weighted by Gasteiger charge is 2.28. The third kappa shape index (κ3) is 5.65. The second kappa shape index (κ2) is 11.2. The van der Waals surface area contributed by atoms with Crippen molar-refractivity contribution >= 4 is 27.8 Å². The summed E-state index contributed by atoms with van der Waals surface area (Å²) in [6, 6.07) is 19.6. The molecule has 0 atom stereocenters. The SMILES string of the molecule is COc1ccccc1/C=N\NC(=O)CN(c1ccc(OC)c(OC)c1)S(=O)(=O)c1ccccc1. The van der Waals surface area contributed by atoms with Gasteiger partial charge in [0.05, 0.1) is 38.1 Å². The Labute approximate surface area is 198 Å². The summed E-state index contributed by atoms with van der Waals surface area (Å²) >= 11 is 0. The van der Waals surface area contributed by atoms with Crippen molar-refractivity contribution in [3.63, 3.8) is 0 Å². The maximum atomic E-state index is 13.4. The highest BCUT2D eigenvalue weighted by Crippen LogP contribution is 2.33. The third-order valence-electron chi connectivity index (χ3n) is 4.81. The van der Waals surface area contributed by atoms with Gasteiger partial charge in [0.15, 0.2) is 11.5 Å². The van der Waals surface area contributed by atoms with Crippen LogP contribution in [0.15, 0.2) is 82.8 Å². The molecule has 34 heavy (non-hydrogen) atoms. The first-order valence-corrected chi connectivity index (χ1v) is 11.6. The number of methoxy groups -OCH3 is 3. The summed E-state index contributed by atoms with van der Waals surface area (Å²) < 4.78 is 43.6. The van der Waals surface area contributed by atoms with Gasteiger partial charge in [0.25, 0.3) is 15.9 Å². The molecule has 0 aromatic heterocycles. The van der Waals surface area contributed by atoms with Gasteiger partial charge >= 0.3 is 0 Å². The molecule has 178 valence electrons. The van der Waals surface area contributed by atoms with E-state index in [1.54, 1.807) is 42.5 Å². The van der Waals surface area contributed by atoms with Crippen molar-refractivity contribution < 1.29 is 27.4 Å². The van der Waals surface area contributed by atoms with Crippen LogP contribution >= 0.6 is 0 Å². The summed E-state index contributed by atoms with van der Waals surface area (Å²) in [5.41, 5.74) is 3.25. The number of rotatable bonds is 10. The minimum atomic E-state index is -4.08. The van der Waals surface area contributed by atoms with Crippen LogP contribution in [0.3, 0.4) is 0 Å². The number of hydrogen-bond acceptors (Lipinski definition) is 7. The Kier molecular flexibility index (Phi) is 8.10. The number of anilines is 1. The standard InChI is InChI=1S/C24H25N3O6S/c1-31-21-12-8-7-9-18(21)16-25-26-24(28)17-27(34(29,30)20-10-5-4-6-11-20)19-13-14-22(32-2)23(15-19)33-3/h4-16H,17H2,1-3H3,(H,26,28)/b25-16-. The Morgan fingerprint density at radius 1 is 0.882 bits per heavy atom. The molecule has 0 radical (unpaired) electrons. The Bertz CT molecular complexity index is 1260. The van der Waals surface area contributed by atoms with E-state index >= 15 is 0 Å². The first kappa shape index (κ1) is 24.6. The smallest absolute Gasteiger partial charge is 0.264 e. The van der Waals surface area contributed by atoms with E-state index in [0.717, 1.165) is 4.31 Å². The summed E-state index contributed by atoms with van der Waals surface area (Å²) in [6.07, 6.45) is 1.42. The van der Waals surface area contributed by atoms with Crippen LogP contribution in [0.25, 0.3) is 0 Å². The number of hydrazone groups is 1. The fraction of sp³-hybridized carbons (Fsp3) is 0.167. The second-order valence-electron chi connectivity index (χ2n) is 6.90. The summed E-state index contributed by atoms with van der Waals surface area (Å²) in [6.45, 7) is -0.518. The van der Waals surface area contributed by atoms with Crippen LogP contribution in [0, 0.1) is 0 Å². The number of ether oxygens (including phenoxy) is 3. The molecule has 3 aromatic carbocycles. The highest BCUT2D eigenvalue weighted by molar-refractivity contribution is 7.92. The van der Waals surface area contributed by atoms with E-state index in [1.807, 2.05) is 6.07 Å². The van der Waals surface area contributed by atoms with Crippen LogP contribution in [0.4, 0.5) is 5.69 Å². The largest absolute Gasteiger partial charge is 0.496 e. The van der Waals surface area contributed by atoms with E-state index in [2.05, 4.69) is 10.5 Å². The van der Waals surface area contributed by atoms with E-state index in [0.29, 0.717) is 22.8 Å². The topological polar surface area (TPSA) is 107 Å². The van der Waals surface area contributed by atoms with E-state index < -0.39 is 22.5 Å². The molecular weight excluding hydrogens is 458 g/mol. The Morgan fingerprint density at radius 3 is 2.21 bits per heavy atom. The molecule has 1 N–H and O–H groups in total. The van der Waals surface area contributed by atoms with Gasteiger partial charge in [-0.1, -0.05) is 30.3 Å². The molecular formula is C24H25N3O6S. The fourth-order valence-corrected chi connectivity index (χ4v) is 4.56. The van der Waals surface area contributed by atoms with Gasteiger partial charge in [0.2, 0.25) is 0 Å². The Hall–Kier alpha value is -4.05. The second-order valence-corrected chi connectivity index (χ2v) is 8.76. The average Bonchev–Trinajstić information content (AvgIpc) is 2.87. The molecule has 0 unspecified atom stereocenters. The van der Waals surface area contributed by atoms with Gasteiger partial charge in [0, 0.05) is 11.6 Å². The zero-order chi connectivity index (χ0) is 24.6. The van der Waals surface area contributed by atoms with E-state index in [9.17, 15) is 13.2 Å². The van der Waals surface area contributed by atoms with Crippen molar-refractivity contribution in [2.45, 2.75) is 4.90 Å². The van der Waals surface area contributed by atoms with Gasteiger partial charge in [-0.3, -0.25) is 9.10 Å². The molecule has 0 aliphatic heterocycles. The van der Waals surface area contributed by atoms with Crippen molar-refractivity contribution in [1.82, 2.24) is 5.43 Å². The first-order valence-electron chi connectivity index (χ1n) is 10.2. The predicted molar refractivity (Wildman–Crippen MR) is 129 cm³/mol. The third-order valence-corrected chi connectivity index (χ3v) is 6.59. The van der Waals surface area contributed by atoms with Crippen molar-refractivity contribution in [3.8, 4) is 17.2 Å². The first-order chi connectivity index (χ1) is 16.4. The molecule has 1 amide bonds. The normalized spacial score (nSPS) is 11.1. The lowest BCUT2D eigenvalue weighted by Crippen LogP contribution is -2.39. The number of para-hydroxylation sites is 1. The van der Waals surface area contributed by atoms with E-state index in [1.165, 1.54) is 51.8 Å². The molecule has 0 aliphatic carbocycles. The van der Waals surface area contributed by atoms with Crippen molar-refractivity contribution in [3.05, 3.63) is 78.4 Å². The van der Waals surface area contributed by atoms with Gasteiger partial charge in [-0.25, -0.2) is 13.8 Å². The number of nitrogens with zero attached hydrogens (tertiary/aromatic N) is 2. The molecule has 0 bridgehead atoms. The zero-order valence-electron chi connectivity index (χ0n) is 19.0. The lowest BCUT2D eigenvalue weighted by atomic mass is 10.2. The van der Waals surface area contributed by atoms with E-state index in [-0.39, 0.29) is 10.6 Å². The van der Waals surface area contributed by atoms with Crippen LogP contribution in [0.1, 0.15) is 5.56 Å². The summed E-state index contributed by atoms with van der Waals surface area (Å²) in [5.74, 6) is 0.691. The van der Waals surface area contributed by atoms with Crippen LogP contribution in [-0.2, 0) is 14.8 Å². The number of benzene rings is 3. The number of sulfonamides is 1. The molecule has 0 spiro atoms. The minimum Gasteiger partial charge on any atom is -0.496 e. The molecule has 10 heteroatoms. The molecule has 0 saturated heterocycles. The lowest BCUT2D eigenvalue weighted by Gasteiger charge is -2.24. The van der Waals surface area contributed by atoms with Gasteiger partial charge in [-0.15, -0.1) is 0 Å². The lowest BCUT2D eigenvalue weighted by molar-refractivity contribution is -0.119. The summed E-state index contributed by atoms with van der Waals surface area (Å²) in [5, 5.41) is 3.94. The molecule has 3 aromatic rings. The van der Waals surface area contributed by atoms with Crippen LogP contribution < -0.4 is 23.9 Å². The molecule has 3 rings (SSSR count). The molecule has 0 saturated carbocycles. The fourth-order valence-electron chi connectivity index (χ4n) is 3.13. The summed E-state index contributed by atoms with van der Waals surface area (Å²) in [4.78, 5) is 12.7. The molecule has 0 heterocycles. The highest BCUT2D eigenvalue weighted by atomic mass is 32.2. The van der Waals surface area contributed by atoms with Gasteiger partial charge in [0.1, 0.15) is 12.3 Å². The number of carbonyl (C=O) groups excluding carboxylic acids is 1. The number of carbonyl (C=O) groups is 1. The molecule has 0 fully saturated rings. The maximum absolute atomic E-state index is 13.4. The van der Waals surface area contributed by atoms with Crippen molar-refractivity contribution in [2.75, 3.05) is 32.2 Å². The molecule has 9 nitrogen and oxygen atoms in total. The quantitative estimate of drug-likeness (QED) is 0.351. The Morgan fingerprint density at radius 2 is 1.53 bits per heavy atom. The van der Waals surface area contributed by atoms with Gasteiger partial charge in [-0.2, -0.15) is 5.10 Å². The number of amides is 1. The van der Waals surface area contributed by atoms with Crippen LogP contribution in [0.2, 0.25) is 0 Å². The van der Waals surface area contributed by atoms with Crippen molar-refractivity contribution in [1.29, 1.82) is 0 Å². The maximum Gasteiger partial charge on any atom is 0.264 e. The zero-order valence-corrected chi connectivity index (χ0v) is 19.8. The predicted octanol–water partition coefficient (Wildman–Crippen LogP) is 3.06. The van der Waals surface area contributed by atoms with Crippen molar-refractivity contribution in [2.24, 2.45) is 5.10 Å². The minimum absolute atomic E-state index is 0.0371. The van der Waals surface area contributed by atoms with Crippen LogP contribution in [-0.4, -0.2) is 48.4 Å².